The van der Waals surface area contributed by atoms with Gasteiger partial charge in [0.1, 0.15) is 11.4 Å². The van der Waals surface area contributed by atoms with Gasteiger partial charge in [-0.1, -0.05) is 18.2 Å². The molecule has 1 fully saturated rings. The fraction of sp³-hybridized carbons (Fsp3) is 0.433. The van der Waals surface area contributed by atoms with Gasteiger partial charge in [-0.25, -0.2) is 4.79 Å². The number of fused-ring (bicyclic) bond motifs is 3. The highest BCUT2D eigenvalue weighted by Crippen LogP contribution is 2.46. The monoisotopic (exact) mass is 502 g/mol. The van der Waals surface area contributed by atoms with Gasteiger partial charge in [0.05, 0.1) is 25.2 Å². The molecule has 1 aliphatic heterocycles. The lowest BCUT2D eigenvalue weighted by molar-refractivity contribution is -0.161. The van der Waals surface area contributed by atoms with E-state index >= 15 is 0 Å². The van der Waals surface area contributed by atoms with Crippen molar-refractivity contribution in [3.8, 4) is 16.9 Å². The molecule has 2 aromatic carbocycles. The van der Waals surface area contributed by atoms with Gasteiger partial charge in [0, 0.05) is 24.2 Å². The van der Waals surface area contributed by atoms with Crippen molar-refractivity contribution < 1.29 is 23.8 Å². The molecule has 0 bridgehead atoms. The van der Waals surface area contributed by atoms with Crippen LogP contribution in [0.3, 0.4) is 0 Å². The topological polar surface area (TPSA) is 78.0 Å². The zero-order chi connectivity index (χ0) is 26.4. The van der Waals surface area contributed by atoms with Crippen molar-refractivity contribution in [2.24, 2.45) is 11.3 Å². The molecule has 1 aliphatic carbocycles. The van der Waals surface area contributed by atoms with Crippen LogP contribution in [0.15, 0.2) is 48.5 Å². The van der Waals surface area contributed by atoms with E-state index < -0.39 is 11.0 Å². The normalized spacial score (nSPS) is 21.1. The molecule has 1 saturated heterocycles. The van der Waals surface area contributed by atoms with E-state index in [-0.39, 0.29) is 24.5 Å². The van der Waals surface area contributed by atoms with Crippen molar-refractivity contribution in [1.82, 2.24) is 9.88 Å². The Morgan fingerprint density at radius 1 is 1.03 bits per heavy atom. The molecule has 0 saturated carbocycles. The van der Waals surface area contributed by atoms with Gasteiger partial charge in [-0.2, -0.15) is 0 Å². The van der Waals surface area contributed by atoms with Crippen LogP contribution in [0.2, 0.25) is 0 Å². The molecule has 0 unspecified atom stereocenters. The number of benzene rings is 2. The molecular formula is C30H34N2O5. The number of aromatic nitrogens is 1. The molecule has 0 spiro atoms. The number of hydrogen-bond donors (Lipinski definition) is 0. The molecule has 194 valence electrons. The molecular weight excluding hydrogens is 468 g/mol. The van der Waals surface area contributed by atoms with Crippen molar-refractivity contribution in [1.29, 1.82) is 0 Å². The lowest BCUT2D eigenvalue weighted by Gasteiger charge is -2.48. The molecule has 1 amide bonds. The summed E-state index contributed by atoms with van der Waals surface area (Å²) in [4.78, 5) is 32.9. The second-order valence-corrected chi connectivity index (χ2v) is 11.1. The minimum absolute atomic E-state index is 0.0506. The third-order valence-corrected chi connectivity index (χ3v) is 7.60. The summed E-state index contributed by atoms with van der Waals surface area (Å²) in [5.41, 5.74) is 3.75. The third-order valence-electron chi connectivity index (χ3n) is 7.60. The zero-order valence-electron chi connectivity index (χ0n) is 22.2. The fourth-order valence-electron chi connectivity index (χ4n) is 5.75. The molecule has 7 nitrogen and oxygen atoms in total. The minimum Gasteiger partial charge on any atom is -0.497 e. The molecule has 0 N–H and O–H groups in total. The summed E-state index contributed by atoms with van der Waals surface area (Å²) in [6, 6.07) is 16.4. The number of rotatable bonds is 3. The third kappa shape index (κ3) is 4.75. The first-order chi connectivity index (χ1) is 17.6. The van der Waals surface area contributed by atoms with E-state index in [9.17, 15) is 9.59 Å². The highest BCUT2D eigenvalue weighted by Gasteiger charge is 2.54. The Labute approximate surface area is 217 Å². The van der Waals surface area contributed by atoms with Gasteiger partial charge < -0.3 is 19.1 Å². The van der Waals surface area contributed by atoms with Crippen molar-refractivity contribution in [3.05, 3.63) is 59.8 Å². The zero-order valence-corrected chi connectivity index (χ0v) is 22.2. The quantitative estimate of drug-likeness (QED) is 0.445. The largest absolute Gasteiger partial charge is 0.497 e. The number of methoxy groups -OCH3 is 2. The van der Waals surface area contributed by atoms with Gasteiger partial charge in [-0.3, -0.25) is 9.78 Å². The van der Waals surface area contributed by atoms with Crippen molar-refractivity contribution in [2.75, 3.05) is 27.3 Å². The van der Waals surface area contributed by atoms with Crippen LogP contribution in [0.5, 0.6) is 5.75 Å². The van der Waals surface area contributed by atoms with Gasteiger partial charge in [-0.05, 0) is 93.0 Å². The van der Waals surface area contributed by atoms with E-state index in [1.807, 2.05) is 45.0 Å². The van der Waals surface area contributed by atoms with Crippen molar-refractivity contribution in [2.45, 2.75) is 45.6 Å². The van der Waals surface area contributed by atoms with E-state index in [1.165, 1.54) is 7.11 Å². The molecule has 5 rings (SSSR count). The number of nitrogens with zero attached hydrogens (tertiary/aromatic N) is 2. The Kier molecular flexibility index (Phi) is 6.34. The van der Waals surface area contributed by atoms with Crippen LogP contribution in [-0.2, 0) is 27.1 Å². The number of amides is 1. The number of carbonyl (C=O) groups is 2. The summed E-state index contributed by atoms with van der Waals surface area (Å²) in [6.45, 7) is 6.37. The average Bonchev–Trinajstić information content (AvgIpc) is 2.88. The predicted octanol–water partition coefficient (Wildman–Crippen LogP) is 5.43. The minimum atomic E-state index is -0.820. The Balaban J connectivity index is 1.50. The summed E-state index contributed by atoms with van der Waals surface area (Å²) in [5, 5.41) is 1.02. The molecule has 2 aliphatic rings. The maximum absolute atomic E-state index is 13.3. The first-order valence-corrected chi connectivity index (χ1v) is 12.8. The summed E-state index contributed by atoms with van der Waals surface area (Å²) in [7, 11) is 3.08. The van der Waals surface area contributed by atoms with Crippen LogP contribution < -0.4 is 4.74 Å². The van der Waals surface area contributed by atoms with Gasteiger partial charge >= 0.3 is 12.1 Å². The first-order valence-electron chi connectivity index (χ1n) is 12.8. The summed E-state index contributed by atoms with van der Waals surface area (Å²) in [5.74, 6) is 0.592. The van der Waals surface area contributed by atoms with Crippen LogP contribution in [-0.4, -0.2) is 54.9 Å². The number of hydrogen-bond acceptors (Lipinski definition) is 6. The number of piperidine rings is 1. The number of ether oxygens (including phenoxy) is 3. The lowest BCUT2D eigenvalue weighted by Crippen LogP contribution is -2.58. The number of esters is 1. The summed E-state index contributed by atoms with van der Waals surface area (Å²) >= 11 is 0. The number of pyridine rings is 1. The van der Waals surface area contributed by atoms with Crippen LogP contribution in [0.25, 0.3) is 22.0 Å². The average molecular weight is 503 g/mol. The molecule has 37 heavy (non-hydrogen) atoms. The van der Waals surface area contributed by atoms with Gasteiger partial charge in [0.25, 0.3) is 0 Å². The van der Waals surface area contributed by atoms with Crippen LogP contribution in [0.4, 0.5) is 4.79 Å². The van der Waals surface area contributed by atoms with E-state index in [2.05, 4.69) is 24.3 Å². The van der Waals surface area contributed by atoms with E-state index in [0.29, 0.717) is 25.8 Å². The molecule has 2 heterocycles. The van der Waals surface area contributed by atoms with Crippen LogP contribution in [0, 0.1) is 11.3 Å². The summed E-state index contributed by atoms with van der Waals surface area (Å²) in [6.07, 6.45) is 1.47. The smallest absolute Gasteiger partial charge is 0.410 e. The second-order valence-electron chi connectivity index (χ2n) is 11.1. The molecule has 3 aromatic rings. The van der Waals surface area contributed by atoms with Gasteiger partial charge in [0.15, 0.2) is 0 Å². The van der Waals surface area contributed by atoms with Crippen molar-refractivity contribution >= 4 is 23.0 Å². The fourth-order valence-corrected chi connectivity index (χ4v) is 5.75. The Bertz CT molecular complexity index is 1340. The van der Waals surface area contributed by atoms with E-state index in [4.69, 9.17) is 19.2 Å². The standard InChI is InChI=1S/C30H34N2O5/c1-29(2,3)37-28(34)32-13-12-23-16-26-22(17-30(23,18-32)27(33)36-5)15-21-14-20(8-11-25(21)31-26)19-6-9-24(35-4)10-7-19/h6-11,14-15,23H,12-13,16-18H2,1-5H3/t23-,30-/m0/s1. The highest BCUT2D eigenvalue weighted by molar-refractivity contribution is 5.86. The predicted molar refractivity (Wildman–Crippen MR) is 142 cm³/mol. The van der Waals surface area contributed by atoms with E-state index in [1.54, 1.807) is 12.0 Å². The molecule has 2 atom stereocenters. The first kappa shape index (κ1) is 25.1. The number of carbonyl (C=O) groups excluding carboxylic acids is 2. The summed E-state index contributed by atoms with van der Waals surface area (Å²) < 4.78 is 16.2. The SMILES string of the molecule is COC(=O)[C@]12Cc3cc4cc(-c5ccc(OC)cc5)ccc4nc3C[C@@H]1CCN(C(=O)OC(C)(C)C)C2. The Morgan fingerprint density at radius 2 is 1.76 bits per heavy atom. The van der Waals surface area contributed by atoms with Crippen LogP contribution >= 0.6 is 0 Å². The van der Waals surface area contributed by atoms with Gasteiger partial charge in [-0.15, -0.1) is 0 Å². The Hall–Kier alpha value is -3.61. The van der Waals surface area contributed by atoms with Gasteiger partial charge in [0.2, 0.25) is 0 Å². The maximum Gasteiger partial charge on any atom is 0.410 e. The molecule has 0 radical (unpaired) electrons. The second kappa shape index (κ2) is 9.36. The maximum atomic E-state index is 13.3. The Morgan fingerprint density at radius 3 is 2.43 bits per heavy atom. The van der Waals surface area contributed by atoms with Crippen molar-refractivity contribution in [3.63, 3.8) is 0 Å². The van der Waals surface area contributed by atoms with Crippen LogP contribution in [0.1, 0.15) is 38.4 Å². The lowest BCUT2D eigenvalue weighted by atomic mass is 9.62. The molecule has 1 aromatic heterocycles. The number of likely N-dealkylation sites (tertiary alicyclic amines) is 1. The molecule has 7 heteroatoms. The van der Waals surface area contributed by atoms with E-state index in [0.717, 1.165) is 39.0 Å². The highest BCUT2D eigenvalue weighted by atomic mass is 16.6.